The number of fused-ring (bicyclic) bond motifs is 2. The van der Waals surface area contributed by atoms with Crippen molar-refractivity contribution in [2.24, 2.45) is 0 Å². The number of rotatable bonds is 3. The third-order valence-corrected chi connectivity index (χ3v) is 7.72. The maximum atomic E-state index is 10.7. The number of hydrogen-bond acceptors (Lipinski definition) is 7. The lowest BCUT2D eigenvalue weighted by Crippen LogP contribution is -1.92. The minimum absolute atomic E-state index is 0.169. The van der Waals surface area contributed by atoms with Crippen molar-refractivity contribution in [3.8, 4) is 51.3 Å². The van der Waals surface area contributed by atoms with Crippen molar-refractivity contribution >= 4 is 43.1 Å². The van der Waals surface area contributed by atoms with Gasteiger partial charge in [0.1, 0.15) is 5.75 Å². The zero-order valence-electron chi connectivity index (χ0n) is 18.1. The molecular formula is C28H14N4OS2. The van der Waals surface area contributed by atoms with E-state index in [1.807, 2.05) is 41.9 Å². The van der Waals surface area contributed by atoms with Gasteiger partial charge >= 0.3 is 0 Å². The van der Waals surface area contributed by atoms with Gasteiger partial charge in [0, 0.05) is 16.7 Å². The second kappa shape index (κ2) is 8.34. The molecule has 1 N–H and O–H groups in total. The van der Waals surface area contributed by atoms with E-state index in [1.165, 1.54) is 11.3 Å². The van der Waals surface area contributed by atoms with Crippen LogP contribution in [0.3, 0.4) is 0 Å². The van der Waals surface area contributed by atoms with E-state index in [9.17, 15) is 15.6 Å². The highest BCUT2D eigenvalue weighted by atomic mass is 32.1. The van der Waals surface area contributed by atoms with Gasteiger partial charge in [0.05, 0.1) is 54.7 Å². The second-order valence-electron chi connectivity index (χ2n) is 7.91. The number of thiazole rings is 2. The standard InChI is InChI=1S/C28H14N4OS2/c29-12-16-1-3-17(4-2-16)25-20(7-8-22-27(25)34-14-31-22)21-11-18(5-6-19(21)13-30)26-24(33)10-9-23-28(26)35-15-32-23/h1-11,14-15,33H. The molecular weight excluding hydrogens is 472 g/mol. The van der Waals surface area contributed by atoms with Crippen molar-refractivity contribution in [3.05, 3.63) is 88.9 Å². The molecule has 164 valence electrons. The molecule has 4 aromatic carbocycles. The number of aromatic hydroxyl groups is 1. The molecule has 2 aromatic heterocycles. The maximum Gasteiger partial charge on any atom is 0.124 e. The van der Waals surface area contributed by atoms with Crippen LogP contribution >= 0.6 is 22.7 Å². The lowest BCUT2D eigenvalue weighted by Gasteiger charge is -2.15. The summed E-state index contributed by atoms with van der Waals surface area (Å²) >= 11 is 3.01. The largest absolute Gasteiger partial charge is 0.507 e. The molecule has 6 aromatic rings. The average molecular weight is 487 g/mol. The SMILES string of the molecule is N#Cc1ccc(-c2c(-c3cc(-c4c(O)ccc5ncsc45)ccc3C#N)ccc3ncsc23)cc1. The number of nitrogens with zero attached hydrogens (tertiary/aromatic N) is 4. The number of nitriles is 2. The highest BCUT2D eigenvalue weighted by molar-refractivity contribution is 7.17. The minimum Gasteiger partial charge on any atom is -0.507 e. The van der Waals surface area contributed by atoms with E-state index in [4.69, 9.17) is 0 Å². The Morgan fingerprint density at radius 2 is 1.31 bits per heavy atom. The Bertz CT molecular complexity index is 1840. The molecule has 5 nitrogen and oxygen atoms in total. The third kappa shape index (κ3) is 3.43. The molecule has 0 atom stereocenters. The van der Waals surface area contributed by atoms with Crippen LogP contribution in [0.1, 0.15) is 11.1 Å². The van der Waals surface area contributed by atoms with E-state index in [1.54, 1.807) is 47.2 Å². The molecule has 2 heterocycles. The summed E-state index contributed by atoms with van der Waals surface area (Å²) < 4.78 is 1.90. The van der Waals surface area contributed by atoms with Gasteiger partial charge in [-0.1, -0.05) is 24.3 Å². The zero-order valence-corrected chi connectivity index (χ0v) is 19.7. The lowest BCUT2D eigenvalue weighted by atomic mass is 9.89. The highest BCUT2D eigenvalue weighted by Gasteiger charge is 2.19. The fourth-order valence-corrected chi connectivity index (χ4v) is 6.08. The number of phenolic OH excluding ortho intramolecular Hbond substituents is 1. The van der Waals surface area contributed by atoms with Crippen LogP contribution in [-0.2, 0) is 0 Å². The molecule has 0 aliphatic rings. The predicted molar refractivity (Wildman–Crippen MR) is 140 cm³/mol. The summed E-state index contributed by atoms with van der Waals surface area (Å²) in [7, 11) is 0. The first-order chi connectivity index (χ1) is 17.2. The van der Waals surface area contributed by atoms with Crippen molar-refractivity contribution in [2.45, 2.75) is 0 Å². The van der Waals surface area contributed by atoms with E-state index < -0.39 is 0 Å². The first kappa shape index (κ1) is 21.0. The summed E-state index contributed by atoms with van der Waals surface area (Å²) in [6.45, 7) is 0. The van der Waals surface area contributed by atoms with Crippen molar-refractivity contribution in [1.29, 1.82) is 10.5 Å². The molecule has 35 heavy (non-hydrogen) atoms. The molecule has 0 bridgehead atoms. The Kier molecular flexibility index (Phi) is 5.00. The van der Waals surface area contributed by atoms with E-state index >= 15 is 0 Å². The zero-order chi connectivity index (χ0) is 23.9. The first-order valence-corrected chi connectivity index (χ1v) is 12.4. The van der Waals surface area contributed by atoms with E-state index in [2.05, 4.69) is 22.1 Å². The normalized spacial score (nSPS) is 10.9. The molecule has 0 spiro atoms. The Hall–Kier alpha value is -4.56. The molecule has 0 saturated carbocycles. The molecule has 0 amide bonds. The van der Waals surface area contributed by atoms with Crippen LogP contribution in [0.15, 0.2) is 77.8 Å². The van der Waals surface area contributed by atoms with Crippen molar-refractivity contribution in [2.75, 3.05) is 0 Å². The quantitative estimate of drug-likeness (QED) is 0.282. The summed E-state index contributed by atoms with van der Waals surface area (Å²) in [4.78, 5) is 8.87. The van der Waals surface area contributed by atoms with Gasteiger partial charge in [0.25, 0.3) is 0 Å². The minimum atomic E-state index is 0.169. The molecule has 0 aliphatic carbocycles. The number of aromatic nitrogens is 2. The summed E-state index contributed by atoms with van der Waals surface area (Å²) in [6, 6.07) is 25.0. The lowest BCUT2D eigenvalue weighted by molar-refractivity contribution is 0.478. The van der Waals surface area contributed by atoms with Gasteiger partial charge in [0.15, 0.2) is 0 Å². The van der Waals surface area contributed by atoms with Crippen molar-refractivity contribution in [3.63, 3.8) is 0 Å². The molecule has 0 fully saturated rings. The van der Waals surface area contributed by atoms with Gasteiger partial charge in [-0.2, -0.15) is 10.5 Å². The molecule has 0 aliphatic heterocycles. The van der Waals surface area contributed by atoms with Gasteiger partial charge in [-0.3, -0.25) is 0 Å². The van der Waals surface area contributed by atoms with Crippen LogP contribution in [-0.4, -0.2) is 15.1 Å². The first-order valence-electron chi connectivity index (χ1n) is 10.6. The Morgan fingerprint density at radius 1 is 0.657 bits per heavy atom. The molecule has 6 rings (SSSR count). The van der Waals surface area contributed by atoms with Gasteiger partial charge < -0.3 is 5.11 Å². The molecule has 0 unspecified atom stereocenters. The summed E-state index contributed by atoms with van der Waals surface area (Å²) in [5, 5.41) is 30.0. The molecule has 0 saturated heterocycles. The van der Waals surface area contributed by atoms with Crippen LogP contribution in [0, 0.1) is 22.7 Å². The number of hydrogen-bond donors (Lipinski definition) is 1. The fraction of sp³-hybridized carbons (Fsp3) is 0. The predicted octanol–water partition coefficient (Wildman–Crippen LogP) is 7.36. The van der Waals surface area contributed by atoms with Crippen LogP contribution in [0.5, 0.6) is 5.75 Å². The monoisotopic (exact) mass is 486 g/mol. The van der Waals surface area contributed by atoms with Gasteiger partial charge in [-0.25, -0.2) is 9.97 Å². The van der Waals surface area contributed by atoms with Gasteiger partial charge in [0.2, 0.25) is 0 Å². The van der Waals surface area contributed by atoms with E-state index in [-0.39, 0.29) is 5.75 Å². The van der Waals surface area contributed by atoms with Crippen LogP contribution in [0.4, 0.5) is 0 Å². The van der Waals surface area contributed by atoms with Gasteiger partial charge in [-0.15, -0.1) is 22.7 Å². The highest BCUT2D eigenvalue weighted by Crippen LogP contribution is 2.44. The van der Waals surface area contributed by atoms with E-state index in [0.717, 1.165) is 48.3 Å². The average Bonchev–Trinajstić information content (AvgIpc) is 3.57. The number of phenols is 1. The van der Waals surface area contributed by atoms with E-state index in [0.29, 0.717) is 16.7 Å². The summed E-state index contributed by atoms with van der Waals surface area (Å²) in [5.74, 6) is 0.169. The topological polar surface area (TPSA) is 93.6 Å². The van der Waals surface area contributed by atoms with Crippen LogP contribution in [0.25, 0.3) is 53.8 Å². The van der Waals surface area contributed by atoms with Crippen LogP contribution < -0.4 is 0 Å². The second-order valence-corrected chi connectivity index (χ2v) is 9.62. The Labute approximate surface area is 208 Å². The summed E-state index contributed by atoms with van der Waals surface area (Å²) in [5.41, 5.74) is 11.4. The molecule has 0 radical (unpaired) electrons. The van der Waals surface area contributed by atoms with Crippen molar-refractivity contribution in [1.82, 2.24) is 9.97 Å². The maximum absolute atomic E-state index is 10.7. The third-order valence-electron chi connectivity index (χ3n) is 6.00. The van der Waals surface area contributed by atoms with Crippen molar-refractivity contribution < 1.29 is 5.11 Å². The fourth-order valence-electron chi connectivity index (χ4n) is 4.37. The Balaban J connectivity index is 1.65. The van der Waals surface area contributed by atoms with Crippen LogP contribution in [0.2, 0.25) is 0 Å². The molecule has 7 heteroatoms. The number of benzene rings is 4. The van der Waals surface area contributed by atoms with Gasteiger partial charge in [-0.05, 0) is 59.2 Å². The smallest absolute Gasteiger partial charge is 0.124 e. The summed E-state index contributed by atoms with van der Waals surface area (Å²) in [6.07, 6.45) is 0. The Morgan fingerprint density at radius 3 is 2.00 bits per heavy atom.